The number of hydrogen-bond acceptors (Lipinski definition) is 5. The molecule has 2 aromatic rings. The van der Waals surface area contributed by atoms with E-state index in [4.69, 9.17) is 5.73 Å². The van der Waals surface area contributed by atoms with Crippen molar-refractivity contribution in [2.24, 2.45) is 7.05 Å². The molecule has 0 unspecified atom stereocenters. The van der Waals surface area contributed by atoms with Crippen LogP contribution < -0.4 is 11.1 Å². The van der Waals surface area contributed by atoms with E-state index in [-0.39, 0.29) is 18.4 Å². The Morgan fingerprint density at radius 2 is 2.24 bits per heavy atom. The normalized spacial score (nSPS) is 16.1. The number of amides is 2. The van der Waals surface area contributed by atoms with Crippen molar-refractivity contribution < 1.29 is 9.59 Å². The third kappa shape index (κ3) is 2.25. The third-order valence-corrected chi connectivity index (χ3v) is 4.89. The number of nitrogens with zero attached hydrogens (tertiary/aromatic N) is 3. The van der Waals surface area contributed by atoms with Gasteiger partial charge in [0.2, 0.25) is 5.91 Å². The maximum absolute atomic E-state index is 12.7. The van der Waals surface area contributed by atoms with E-state index in [0.29, 0.717) is 23.7 Å². The van der Waals surface area contributed by atoms with Crippen LogP contribution in [0.1, 0.15) is 21.8 Å². The Morgan fingerprint density at radius 3 is 2.95 bits per heavy atom. The molecule has 2 aromatic heterocycles. The molecule has 0 radical (unpaired) electrons. The van der Waals surface area contributed by atoms with E-state index in [1.807, 2.05) is 14.0 Å². The summed E-state index contributed by atoms with van der Waals surface area (Å²) in [7, 11) is 1.83. The fourth-order valence-electron chi connectivity index (χ4n) is 2.61. The summed E-state index contributed by atoms with van der Waals surface area (Å²) in [5.41, 5.74) is 7.43. The van der Waals surface area contributed by atoms with Crippen LogP contribution in [-0.4, -0.2) is 46.1 Å². The van der Waals surface area contributed by atoms with E-state index in [2.05, 4.69) is 10.4 Å². The minimum atomic E-state index is -0.176. The lowest BCUT2D eigenvalue weighted by molar-refractivity contribution is -0.121. The fourth-order valence-corrected chi connectivity index (χ4v) is 3.77. The SMILES string of the molecule is Cc1nn(C)c2sc(C(=O)N3CCCNC(=O)C3)c(N)c12. The highest BCUT2D eigenvalue weighted by atomic mass is 32.1. The van der Waals surface area contributed by atoms with E-state index in [0.717, 1.165) is 22.3 Å². The summed E-state index contributed by atoms with van der Waals surface area (Å²) in [6.07, 6.45) is 0.753. The van der Waals surface area contributed by atoms with E-state index in [1.165, 1.54) is 11.3 Å². The van der Waals surface area contributed by atoms with Crippen LogP contribution in [0.25, 0.3) is 10.2 Å². The molecule has 3 N–H and O–H groups in total. The van der Waals surface area contributed by atoms with Crippen molar-refractivity contribution >= 4 is 39.1 Å². The summed E-state index contributed by atoms with van der Waals surface area (Å²) in [6, 6.07) is 0. The lowest BCUT2D eigenvalue weighted by Crippen LogP contribution is -2.37. The highest BCUT2D eigenvalue weighted by molar-refractivity contribution is 7.21. The molecular formula is C13H17N5O2S. The van der Waals surface area contributed by atoms with Crippen molar-refractivity contribution in [2.75, 3.05) is 25.4 Å². The van der Waals surface area contributed by atoms with Gasteiger partial charge in [0.15, 0.2) is 0 Å². The molecular weight excluding hydrogens is 290 g/mol. The first-order valence-electron chi connectivity index (χ1n) is 6.76. The number of carbonyl (C=O) groups excluding carboxylic acids is 2. The van der Waals surface area contributed by atoms with Gasteiger partial charge in [-0.1, -0.05) is 0 Å². The molecule has 2 amide bonds. The van der Waals surface area contributed by atoms with Gasteiger partial charge in [0.05, 0.1) is 23.3 Å². The second kappa shape index (κ2) is 5.03. The van der Waals surface area contributed by atoms with Gasteiger partial charge < -0.3 is 16.0 Å². The summed E-state index contributed by atoms with van der Waals surface area (Å²) in [5, 5.41) is 7.91. The lowest BCUT2D eigenvalue weighted by Gasteiger charge is -2.18. The summed E-state index contributed by atoms with van der Waals surface area (Å²) in [5.74, 6) is -0.302. The molecule has 0 bridgehead atoms. The highest BCUT2D eigenvalue weighted by Gasteiger charge is 2.27. The molecule has 112 valence electrons. The zero-order valence-electron chi connectivity index (χ0n) is 12.0. The van der Waals surface area contributed by atoms with Gasteiger partial charge in [-0.05, 0) is 13.3 Å². The molecule has 0 aromatic carbocycles. The van der Waals surface area contributed by atoms with Gasteiger partial charge in [0.25, 0.3) is 5.91 Å². The van der Waals surface area contributed by atoms with Crippen molar-refractivity contribution in [1.82, 2.24) is 20.0 Å². The van der Waals surface area contributed by atoms with Gasteiger partial charge >= 0.3 is 0 Å². The number of anilines is 1. The Bertz CT molecular complexity index is 733. The molecule has 21 heavy (non-hydrogen) atoms. The lowest BCUT2D eigenvalue weighted by atomic mass is 10.2. The van der Waals surface area contributed by atoms with Crippen LogP contribution in [0.15, 0.2) is 0 Å². The predicted octanol–water partition coefficient (Wildman–Crippen LogP) is 0.488. The number of thiophene rings is 1. The molecule has 8 heteroatoms. The van der Waals surface area contributed by atoms with E-state index < -0.39 is 0 Å². The van der Waals surface area contributed by atoms with Crippen molar-refractivity contribution in [3.8, 4) is 0 Å². The van der Waals surface area contributed by atoms with Gasteiger partial charge in [-0.15, -0.1) is 11.3 Å². The van der Waals surface area contributed by atoms with Crippen molar-refractivity contribution in [3.63, 3.8) is 0 Å². The number of hydrogen-bond donors (Lipinski definition) is 2. The van der Waals surface area contributed by atoms with E-state index in [1.54, 1.807) is 9.58 Å². The van der Waals surface area contributed by atoms with Crippen molar-refractivity contribution in [2.45, 2.75) is 13.3 Å². The summed E-state index contributed by atoms with van der Waals surface area (Å²) in [4.78, 5) is 27.2. The molecule has 1 fully saturated rings. The topological polar surface area (TPSA) is 93.2 Å². The first-order valence-corrected chi connectivity index (χ1v) is 7.58. The predicted molar refractivity (Wildman–Crippen MR) is 81.3 cm³/mol. The molecule has 1 saturated heterocycles. The summed E-state index contributed by atoms with van der Waals surface area (Å²) < 4.78 is 1.73. The average Bonchev–Trinajstić information content (AvgIpc) is 2.81. The number of nitrogens with two attached hydrogens (primary N) is 1. The maximum Gasteiger partial charge on any atom is 0.266 e. The second-order valence-corrected chi connectivity index (χ2v) is 6.16. The quantitative estimate of drug-likeness (QED) is 0.801. The smallest absolute Gasteiger partial charge is 0.266 e. The highest BCUT2D eigenvalue weighted by Crippen LogP contribution is 2.36. The molecule has 7 nitrogen and oxygen atoms in total. The summed E-state index contributed by atoms with van der Waals surface area (Å²) >= 11 is 1.33. The van der Waals surface area contributed by atoms with Crippen molar-refractivity contribution in [1.29, 1.82) is 0 Å². The van der Waals surface area contributed by atoms with Crippen LogP contribution in [-0.2, 0) is 11.8 Å². The van der Waals surface area contributed by atoms with Gasteiger partial charge in [-0.3, -0.25) is 14.3 Å². The van der Waals surface area contributed by atoms with Crippen LogP contribution in [0, 0.1) is 6.92 Å². The van der Waals surface area contributed by atoms with Crippen LogP contribution in [0.2, 0.25) is 0 Å². The molecule has 1 aliphatic heterocycles. The minimum absolute atomic E-state index is 0.0871. The fraction of sp³-hybridized carbons (Fsp3) is 0.462. The molecule has 3 rings (SSSR count). The number of aromatic nitrogens is 2. The second-order valence-electron chi connectivity index (χ2n) is 5.16. The zero-order valence-corrected chi connectivity index (χ0v) is 12.8. The molecule has 0 saturated carbocycles. The van der Waals surface area contributed by atoms with Crippen LogP contribution >= 0.6 is 11.3 Å². The van der Waals surface area contributed by atoms with Gasteiger partial charge in [0.1, 0.15) is 9.71 Å². The number of carbonyl (C=O) groups is 2. The van der Waals surface area contributed by atoms with Gasteiger partial charge in [-0.2, -0.15) is 5.10 Å². The maximum atomic E-state index is 12.7. The molecule has 0 aliphatic carbocycles. The number of aryl methyl sites for hydroxylation is 2. The van der Waals surface area contributed by atoms with Crippen LogP contribution in [0.4, 0.5) is 5.69 Å². The monoisotopic (exact) mass is 307 g/mol. The Morgan fingerprint density at radius 1 is 1.48 bits per heavy atom. The Hall–Kier alpha value is -2.09. The number of rotatable bonds is 1. The summed E-state index contributed by atoms with van der Waals surface area (Å²) in [6.45, 7) is 3.12. The first kappa shape index (κ1) is 13.9. The van der Waals surface area contributed by atoms with E-state index >= 15 is 0 Å². The Balaban J connectivity index is 1.99. The molecule has 0 spiro atoms. The molecule has 3 heterocycles. The standard InChI is InChI=1S/C13H17N5O2S/c1-7-9-10(14)11(21-13(9)17(2)16-7)12(20)18-5-3-4-15-8(19)6-18/h3-6,14H2,1-2H3,(H,15,19). The van der Waals surface area contributed by atoms with Crippen molar-refractivity contribution in [3.05, 3.63) is 10.6 Å². The molecule has 1 aliphatic rings. The largest absolute Gasteiger partial charge is 0.397 e. The first-order chi connectivity index (χ1) is 9.99. The van der Waals surface area contributed by atoms with Crippen LogP contribution in [0.5, 0.6) is 0 Å². The molecule has 0 atom stereocenters. The van der Waals surface area contributed by atoms with Gasteiger partial charge in [-0.25, -0.2) is 0 Å². The minimum Gasteiger partial charge on any atom is -0.397 e. The van der Waals surface area contributed by atoms with E-state index in [9.17, 15) is 9.59 Å². The van der Waals surface area contributed by atoms with Gasteiger partial charge in [0, 0.05) is 20.1 Å². The number of nitrogens with one attached hydrogen (secondary N) is 1. The zero-order chi connectivity index (χ0) is 15.1. The number of nitrogen functional groups attached to an aromatic ring is 1. The third-order valence-electron chi connectivity index (χ3n) is 3.63. The Kier molecular flexibility index (Phi) is 3.32. The number of fused-ring (bicyclic) bond motifs is 1. The van der Waals surface area contributed by atoms with Crippen LogP contribution in [0.3, 0.4) is 0 Å². The average molecular weight is 307 g/mol. The Labute approximate surface area is 125 Å².